The van der Waals surface area contributed by atoms with Gasteiger partial charge in [-0.25, -0.2) is 4.98 Å². The van der Waals surface area contributed by atoms with E-state index >= 15 is 0 Å². The van der Waals surface area contributed by atoms with E-state index in [0.29, 0.717) is 12.1 Å². The number of hydrogen-bond acceptors (Lipinski definition) is 6. The molecule has 0 aromatic carbocycles. The molecule has 0 aliphatic heterocycles. The molecule has 3 rings (SSSR count). The van der Waals surface area contributed by atoms with Crippen molar-refractivity contribution in [3.63, 3.8) is 0 Å². The minimum atomic E-state index is -0.447. The van der Waals surface area contributed by atoms with Gasteiger partial charge in [-0.15, -0.1) is 0 Å². The zero-order valence-corrected chi connectivity index (χ0v) is 18.2. The molecule has 7 nitrogen and oxygen atoms in total. The Bertz CT molecular complexity index is 881. The summed E-state index contributed by atoms with van der Waals surface area (Å²) in [6, 6.07) is 4.64. The Morgan fingerprint density at radius 2 is 2.10 bits per heavy atom. The number of carbonyl (C=O) groups excluding carboxylic acids is 1. The molecule has 0 bridgehead atoms. The van der Waals surface area contributed by atoms with Crippen molar-refractivity contribution in [2.24, 2.45) is 0 Å². The minimum absolute atomic E-state index is 0.204. The summed E-state index contributed by atoms with van der Waals surface area (Å²) in [6.45, 7) is 10.1. The first-order chi connectivity index (χ1) is 13.8. The molecule has 1 aliphatic rings. The van der Waals surface area contributed by atoms with Gasteiger partial charge in [0, 0.05) is 24.2 Å². The molecule has 1 aliphatic carbocycles. The van der Waals surface area contributed by atoms with Crippen molar-refractivity contribution in [1.82, 2.24) is 19.9 Å². The van der Waals surface area contributed by atoms with Gasteiger partial charge in [0.05, 0.1) is 18.4 Å². The first-order valence-corrected chi connectivity index (χ1v) is 10.5. The van der Waals surface area contributed by atoms with Gasteiger partial charge in [-0.2, -0.15) is 9.61 Å². The smallest absolute Gasteiger partial charge is 0.320 e. The standard InChI is InChI=1S/C22H33N5O2/c1-6-15(7-2)18-13-20(27-19(26-18)10-11-24-27)25-17-9-8-16(12-17)23-14-21(28)29-22(3,4)5/h6,10-11,13,16-17,23,25H,7-9,12,14H2,1-5H3/b15-6+/t16?,17-/m0/s1. The van der Waals surface area contributed by atoms with Gasteiger partial charge in [-0.05, 0) is 59.0 Å². The number of allylic oxidation sites excluding steroid dienone is 2. The van der Waals surface area contributed by atoms with Crippen LogP contribution in [0.25, 0.3) is 11.2 Å². The van der Waals surface area contributed by atoms with Crippen LogP contribution in [0.2, 0.25) is 0 Å². The monoisotopic (exact) mass is 399 g/mol. The lowest BCUT2D eigenvalue weighted by Crippen LogP contribution is -2.36. The Morgan fingerprint density at radius 3 is 2.79 bits per heavy atom. The van der Waals surface area contributed by atoms with E-state index in [9.17, 15) is 4.79 Å². The number of anilines is 1. The highest BCUT2D eigenvalue weighted by Gasteiger charge is 2.26. The highest BCUT2D eigenvalue weighted by Crippen LogP contribution is 2.26. The summed E-state index contributed by atoms with van der Waals surface area (Å²) >= 11 is 0. The fourth-order valence-electron chi connectivity index (χ4n) is 3.83. The summed E-state index contributed by atoms with van der Waals surface area (Å²) < 4.78 is 7.23. The number of nitrogens with zero attached hydrogens (tertiary/aromatic N) is 3. The summed E-state index contributed by atoms with van der Waals surface area (Å²) in [6.07, 6.45) is 7.84. The molecule has 1 unspecified atom stereocenters. The largest absolute Gasteiger partial charge is 0.459 e. The SMILES string of the molecule is C/C=C(\CC)c1cc(N[C@H]2CCC(NCC(=O)OC(C)(C)C)C2)n2nccc2n1. The molecule has 2 heterocycles. The van der Waals surface area contributed by atoms with Crippen LogP contribution in [0.4, 0.5) is 5.82 Å². The van der Waals surface area contributed by atoms with Crippen LogP contribution in [-0.4, -0.2) is 44.8 Å². The van der Waals surface area contributed by atoms with Crippen molar-refractivity contribution in [2.75, 3.05) is 11.9 Å². The highest BCUT2D eigenvalue weighted by atomic mass is 16.6. The Kier molecular flexibility index (Phi) is 6.57. The molecule has 7 heteroatoms. The van der Waals surface area contributed by atoms with Crippen molar-refractivity contribution >= 4 is 23.0 Å². The van der Waals surface area contributed by atoms with Crippen LogP contribution in [0.15, 0.2) is 24.4 Å². The van der Waals surface area contributed by atoms with Crippen LogP contribution in [0, 0.1) is 0 Å². The molecule has 0 saturated heterocycles. The molecule has 0 amide bonds. The lowest BCUT2D eigenvalue weighted by atomic mass is 10.1. The van der Waals surface area contributed by atoms with E-state index in [0.717, 1.165) is 42.8 Å². The normalized spacial score (nSPS) is 20.2. The van der Waals surface area contributed by atoms with Gasteiger partial charge in [0.15, 0.2) is 5.65 Å². The van der Waals surface area contributed by atoms with E-state index in [-0.39, 0.29) is 12.5 Å². The van der Waals surface area contributed by atoms with Crippen LogP contribution in [-0.2, 0) is 9.53 Å². The summed E-state index contributed by atoms with van der Waals surface area (Å²) in [4.78, 5) is 16.7. The third kappa shape index (κ3) is 5.56. The maximum Gasteiger partial charge on any atom is 0.320 e. The zero-order chi connectivity index (χ0) is 21.0. The molecule has 0 radical (unpaired) electrons. The summed E-state index contributed by atoms with van der Waals surface area (Å²) in [5.74, 6) is 0.755. The fraction of sp³-hybridized carbons (Fsp3) is 0.591. The minimum Gasteiger partial charge on any atom is -0.459 e. The molecule has 2 aromatic rings. The molecule has 0 spiro atoms. The number of aromatic nitrogens is 3. The Labute approximate surface area is 172 Å². The van der Waals surface area contributed by atoms with Crippen LogP contribution in [0.5, 0.6) is 0 Å². The van der Waals surface area contributed by atoms with E-state index in [4.69, 9.17) is 9.72 Å². The van der Waals surface area contributed by atoms with Gasteiger partial charge in [0.2, 0.25) is 0 Å². The molecule has 2 atom stereocenters. The van der Waals surface area contributed by atoms with E-state index < -0.39 is 5.60 Å². The van der Waals surface area contributed by atoms with Crippen LogP contribution < -0.4 is 10.6 Å². The number of rotatable bonds is 7. The van der Waals surface area contributed by atoms with Gasteiger partial charge in [-0.3, -0.25) is 4.79 Å². The second kappa shape index (κ2) is 8.95. The predicted octanol–water partition coefficient (Wildman–Crippen LogP) is 3.81. The second-order valence-corrected chi connectivity index (χ2v) is 8.61. The van der Waals surface area contributed by atoms with Gasteiger partial charge in [0.25, 0.3) is 0 Å². The van der Waals surface area contributed by atoms with Gasteiger partial charge in [0.1, 0.15) is 11.4 Å². The molecule has 158 valence electrons. The van der Waals surface area contributed by atoms with Gasteiger partial charge < -0.3 is 15.4 Å². The van der Waals surface area contributed by atoms with Gasteiger partial charge in [-0.1, -0.05) is 13.0 Å². The molecule has 1 saturated carbocycles. The van der Waals surface area contributed by atoms with E-state index in [1.165, 1.54) is 5.57 Å². The van der Waals surface area contributed by atoms with Crippen molar-refractivity contribution in [1.29, 1.82) is 0 Å². The first-order valence-electron chi connectivity index (χ1n) is 10.5. The fourth-order valence-corrected chi connectivity index (χ4v) is 3.83. The molecular formula is C22H33N5O2. The number of hydrogen-bond donors (Lipinski definition) is 2. The van der Waals surface area contributed by atoms with E-state index in [1.54, 1.807) is 6.20 Å². The molecular weight excluding hydrogens is 366 g/mol. The van der Waals surface area contributed by atoms with E-state index in [2.05, 4.69) is 34.8 Å². The predicted molar refractivity (Wildman–Crippen MR) is 116 cm³/mol. The number of carbonyl (C=O) groups is 1. The number of nitrogens with one attached hydrogen (secondary N) is 2. The van der Waals surface area contributed by atoms with Crippen molar-refractivity contribution in [3.8, 4) is 0 Å². The summed E-state index contributed by atoms with van der Waals surface area (Å²) in [7, 11) is 0. The molecule has 2 aromatic heterocycles. The topological polar surface area (TPSA) is 80.5 Å². The quantitative estimate of drug-likeness (QED) is 0.689. The second-order valence-electron chi connectivity index (χ2n) is 8.61. The third-order valence-corrected chi connectivity index (χ3v) is 5.16. The van der Waals surface area contributed by atoms with Crippen LogP contribution >= 0.6 is 0 Å². The van der Waals surface area contributed by atoms with Crippen LogP contribution in [0.1, 0.15) is 66.0 Å². The maximum absolute atomic E-state index is 11.9. The lowest BCUT2D eigenvalue weighted by molar-refractivity contribution is -0.153. The summed E-state index contributed by atoms with van der Waals surface area (Å²) in [5, 5.41) is 11.4. The van der Waals surface area contributed by atoms with Gasteiger partial charge >= 0.3 is 5.97 Å². The average molecular weight is 400 g/mol. The molecule has 2 N–H and O–H groups in total. The Morgan fingerprint density at radius 1 is 1.34 bits per heavy atom. The van der Waals surface area contributed by atoms with Crippen LogP contribution in [0.3, 0.4) is 0 Å². The number of fused-ring (bicyclic) bond motifs is 1. The summed E-state index contributed by atoms with van der Waals surface area (Å²) in [5.41, 5.74) is 2.61. The maximum atomic E-state index is 11.9. The Hall–Kier alpha value is -2.41. The third-order valence-electron chi connectivity index (χ3n) is 5.16. The molecule has 1 fully saturated rings. The average Bonchev–Trinajstić information content (AvgIpc) is 3.29. The lowest BCUT2D eigenvalue weighted by Gasteiger charge is -2.21. The zero-order valence-electron chi connectivity index (χ0n) is 18.2. The number of ether oxygens (including phenoxy) is 1. The van der Waals surface area contributed by atoms with Crippen molar-refractivity contribution < 1.29 is 9.53 Å². The van der Waals surface area contributed by atoms with Crippen molar-refractivity contribution in [3.05, 3.63) is 30.1 Å². The number of esters is 1. The first kappa shape index (κ1) is 21.3. The highest BCUT2D eigenvalue weighted by molar-refractivity contribution is 5.72. The van der Waals surface area contributed by atoms with Crippen molar-refractivity contribution in [2.45, 2.75) is 78.0 Å². The molecule has 29 heavy (non-hydrogen) atoms. The Balaban J connectivity index is 1.63. The van der Waals surface area contributed by atoms with E-state index in [1.807, 2.05) is 38.3 Å².